The summed E-state index contributed by atoms with van der Waals surface area (Å²) in [5, 5.41) is 7.76. The van der Waals surface area contributed by atoms with Crippen molar-refractivity contribution in [1.82, 2.24) is 5.01 Å². The fourth-order valence-corrected chi connectivity index (χ4v) is 2.08. The Morgan fingerprint density at radius 3 is 2.79 bits per heavy atom. The van der Waals surface area contributed by atoms with E-state index in [1.165, 1.54) is 10.4 Å². The highest BCUT2D eigenvalue weighted by Gasteiger charge is 2.15. The maximum Gasteiger partial charge on any atom is 0.248 e. The summed E-state index contributed by atoms with van der Waals surface area (Å²) in [5.74, 6) is 0.844. The van der Waals surface area contributed by atoms with Gasteiger partial charge in [0.15, 0.2) is 0 Å². The van der Waals surface area contributed by atoms with Gasteiger partial charge in [0.05, 0.1) is 13.0 Å². The van der Waals surface area contributed by atoms with E-state index >= 15 is 0 Å². The van der Waals surface area contributed by atoms with Crippen molar-refractivity contribution in [3.63, 3.8) is 0 Å². The highest BCUT2D eigenvalue weighted by atomic mass is 16.5. The molecule has 0 aliphatic carbocycles. The van der Waals surface area contributed by atoms with Crippen molar-refractivity contribution in [1.29, 1.82) is 0 Å². The van der Waals surface area contributed by atoms with E-state index in [1.807, 2.05) is 30.3 Å². The van der Waals surface area contributed by atoms with E-state index in [0.717, 1.165) is 11.1 Å². The summed E-state index contributed by atoms with van der Waals surface area (Å²) in [7, 11) is 0. The van der Waals surface area contributed by atoms with Crippen LogP contribution in [0.5, 0.6) is 5.75 Å². The van der Waals surface area contributed by atoms with Crippen molar-refractivity contribution in [3.05, 3.63) is 42.5 Å². The van der Waals surface area contributed by atoms with E-state index in [1.54, 1.807) is 6.21 Å². The van der Waals surface area contributed by atoms with Gasteiger partial charge >= 0.3 is 0 Å². The number of ether oxygens (including phenoxy) is 1. The zero-order chi connectivity index (χ0) is 13.1. The molecule has 0 aromatic heterocycles. The molecule has 1 aliphatic rings. The third-order valence-corrected chi connectivity index (χ3v) is 3.07. The average Bonchev–Trinajstić information content (AvgIpc) is 2.84. The predicted octanol–water partition coefficient (Wildman–Crippen LogP) is 2.44. The van der Waals surface area contributed by atoms with E-state index in [-0.39, 0.29) is 5.91 Å². The zero-order valence-electron chi connectivity index (χ0n) is 10.5. The third-order valence-electron chi connectivity index (χ3n) is 3.07. The average molecular weight is 254 g/mol. The molecule has 0 fully saturated rings. The molecule has 0 atom stereocenters. The highest BCUT2D eigenvalue weighted by Crippen LogP contribution is 2.20. The Bertz CT molecular complexity index is 637. The van der Waals surface area contributed by atoms with E-state index in [0.29, 0.717) is 19.6 Å². The van der Waals surface area contributed by atoms with Crippen LogP contribution in [0.1, 0.15) is 6.42 Å². The summed E-state index contributed by atoms with van der Waals surface area (Å²) in [6, 6.07) is 14.1. The summed E-state index contributed by atoms with van der Waals surface area (Å²) < 4.78 is 5.66. The van der Waals surface area contributed by atoms with Gasteiger partial charge in [-0.15, -0.1) is 0 Å². The lowest BCUT2D eigenvalue weighted by atomic mass is 10.1. The van der Waals surface area contributed by atoms with Gasteiger partial charge in [0.2, 0.25) is 5.91 Å². The SMILES string of the molecule is O=C1CC=NN1CCOc1ccc2ccccc2c1. The summed E-state index contributed by atoms with van der Waals surface area (Å²) in [4.78, 5) is 11.3. The number of nitrogens with zero attached hydrogens (tertiary/aromatic N) is 2. The minimum Gasteiger partial charge on any atom is -0.492 e. The van der Waals surface area contributed by atoms with E-state index in [9.17, 15) is 4.79 Å². The number of benzene rings is 2. The molecule has 2 aromatic rings. The fourth-order valence-electron chi connectivity index (χ4n) is 2.08. The first kappa shape index (κ1) is 11.7. The van der Waals surface area contributed by atoms with Crippen molar-refractivity contribution in [2.45, 2.75) is 6.42 Å². The second-order valence-electron chi connectivity index (χ2n) is 4.38. The Balaban J connectivity index is 1.62. The van der Waals surface area contributed by atoms with Crippen molar-refractivity contribution in [2.75, 3.05) is 13.2 Å². The number of amides is 1. The normalized spacial score (nSPS) is 14.3. The molecule has 1 amide bonds. The Labute approximate surface area is 111 Å². The molecule has 0 spiro atoms. The maximum atomic E-state index is 11.3. The largest absolute Gasteiger partial charge is 0.492 e. The zero-order valence-corrected chi connectivity index (χ0v) is 10.5. The van der Waals surface area contributed by atoms with Gasteiger partial charge in [-0.1, -0.05) is 30.3 Å². The third kappa shape index (κ3) is 2.57. The van der Waals surface area contributed by atoms with Crippen LogP contribution in [-0.2, 0) is 4.79 Å². The van der Waals surface area contributed by atoms with Crippen LogP contribution in [-0.4, -0.2) is 30.3 Å². The van der Waals surface area contributed by atoms with Crippen LogP contribution in [0.3, 0.4) is 0 Å². The Kier molecular flexibility index (Phi) is 3.14. The lowest BCUT2D eigenvalue weighted by Crippen LogP contribution is -2.25. The molecule has 0 N–H and O–H groups in total. The van der Waals surface area contributed by atoms with Gasteiger partial charge in [-0.3, -0.25) is 4.79 Å². The van der Waals surface area contributed by atoms with Crippen LogP contribution >= 0.6 is 0 Å². The Morgan fingerprint density at radius 1 is 1.16 bits per heavy atom. The van der Waals surface area contributed by atoms with E-state index in [4.69, 9.17) is 4.74 Å². The molecular formula is C15H14N2O2. The summed E-state index contributed by atoms with van der Waals surface area (Å²) >= 11 is 0. The van der Waals surface area contributed by atoms with Gasteiger partial charge in [0.1, 0.15) is 12.4 Å². The molecule has 3 rings (SSSR count). The summed E-state index contributed by atoms with van der Waals surface area (Å²) in [5.41, 5.74) is 0. The second-order valence-corrected chi connectivity index (χ2v) is 4.38. The molecule has 0 saturated heterocycles. The molecule has 4 nitrogen and oxygen atoms in total. The molecule has 4 heteroatoms. The molecule has 1 heterocycles. The fraction of sp³-hybridized carbons (Fsp3) is 0.200. The van der Waals surface area contributed by atoms with Crippen LogP contribution in [0, 0.1) is 0 Å². The van der Waals surface area contributed by atoms with E-state index < -0.39 is 0 Å². The first-order valence-electron chi connectivity index (χ1n) is 6.27. The standard InChI is InChI=1S/C15H14N2O2/c18-15-7-8-16-17(15)9-10-19-14-6-5-12-3-1-2-4-13(12)11-14/h1-6,8,11H,7,9-10H2. The minimum atomic E-state index is 0.0297. The number of carbonyl (C=O) groups is 1. The smallest absolute Gasteiger partial charge is 0.248 e. The van der Waals surface area contributed by atoms with Crippen molar-refractivity contribution in [3.8, 4) is 5.75 Å². The predicted molar refractivity (Wildman–Crippen MR) is 74.3 cm³/mol. The number of hydrogen-bond acceptors (Lipinski definition) is 3. The lowest BCUT2D eigenvalue weighted by Gasteiger charge is -2.12. The van der Waals surface area contributed by atoms with Gasteiger partial charge in [-0.2, -0.15) is 5.10 Å². The Morgan fingerprint density at radius 2 is 2.00 bits per heavy atom. The molecule has 96 valence electrons. The number of fused-ring (bicyclic) bond motifs is 1. The van der Waals surface area contributed by atoms with Crippen molar-refractivity contribution < 1.29 is 9.53 Å². The molecule has 1 aliphatic heterocycles. The van der Waals surface area contributed by atoms with Crippen LogP contribution in [0.4, 0.5) is 0 Å². The maximum absolute atomic E-state index is 11.3. The summed E-state index contributed by atoms with van der Waals surface area (Å²) in [6.45, 7) is 0.934. The monoisotopic (exact) mass is 254 g/mol. The lowest BCUT2D eigenvalue weighted by molar-refractivity contribution is -0.128. The molecule has 0 bridgehead atoms. The minimum absolute atomic E-state index is 0.0297. The van der Waals surface area contributed by atoms with Gasteiger partial charge in [0, 0.05) is 6.21 Å². The second kappa shape index (κ2) is 5.10. The van der Waals surface area contributed by atoms with Gasteiger partial charge in [0.25, 0.3) is 0 Å². The highest BCUT2D eigenvalue weighted by molar-refractivity contribution is 5.93. The van der Waals surface area contributed by atoms with Crippen LogP contribution in [0.2, 0.25) is 0 Å². The molecule has 19 heavy (non-hydrogen) atoms. The molecule has 0 unspecified atom stereocenters. The quantitative estimate of drug-likeness (QED) is 0.841. The van der Waals surface area contributed by atoms with Gasteiger partial charge in [-0.25, -0.2) is 5.01 Å². The molecule has 0 saturated carbocycles. The van der Waals surface area contributed by atoms with Crippen molar-refractivity contribution >= 4 is 22.9 Å². The first-order chi connectivity index (χ1) is 9.33. The first-order valence-corrected chi connectivity index (χ1v) is 6.27. The number of carbonyl (C=O) groups excluding carboxylic acids is 1. The van der Waals surface area contributed by atoms with Crippen LogP contribution < -0.4 is 4.74 Å². The van der Waals surface area contributed by atoms with Crippen molar-refractivity contribution in [2.24, 2.45) is 5.10 Å². The van der Waals surface area contributed by atoms with Gasteiger partial charge in [-0.05, 0) is 22.9 Å². The number of hydrogen-bond donors (Lipinski definition) is 0. The Hall–Kier alpha value is -2.36. The molecular weight excluding hydrogens is 240 g/mol. The topological polar surface area (TPSA) is 41.9 Å². The van der Waals surface area contributed by atoms with Crippen LogP contribution in [0.15, 0.2) is 47.6 Å². The summed E-state index contributed by atoms with van der Waals surface area (Å²) in [6.07, 6.45) is 2.02. The van der Waals surface area contributed by atoms with E-state index in [2.05, 4.69) is 17.2 Å². The number of hydrazone groups is 1. The number of rotatable bonds is 4. The van der Waals surface area contributed by atoms with Crippen LogP contribution in [0.25, 0.3) is 10.8 Å². The van der Waals surface area contributed by atoms with Gasteiger partial charge < -0.3 is 4.74 Å². The molecule has 0 radical (unpaired) electrons. The molecule has 2 aromatic carbocycles.